The fraction of sp³-hybridized carbons (Fsp3) is 0.120. The number of pyridine rings is 1. The number of aryl methyl sites for hydroxylation is 1. The van der Waals surface area contributed by atoms with Gasteiger partial charge in [0.05, 0.1) is 11.8 Å². The topological polar surface area (TPSA) is 91.8 Å². The van der Waals surface area contributed by atoms with E-state index in [0.29, 0.717) is 17.0 Å². The van der Waals surface area contributed by atoms with Gasteiger partial charge in [0, 0.05) is 40.2 Å². The van der Waals surface area contributed by atoms with Crippen LogP contribution < -0.4 is 0 Å². The van der Waals surface area contributed by atoms with Gasteiger partial charge in [-0.2, -0.15) is 10.4 Å². The summed E-state index contributed by atoms with van der Waals surface area (Å²) in [5.41, 5.74) is 6.07. The second-order valence-electron chi connectivity index (χ2n) is 7.34. The van der Waals surface area contributed by atoms with Crippen molar-refractivity contribution in [2.75, 3.05) is 0 Å². The van der Waals surface area contributed by atoms with Crippen molar-refractivity contribution in [3.05, 3.63) is 78.1 Å². The zero-order chi connectivity index (χ0) is 22.0. The summed E-state index contributed by atoms with van der Waals surface area (Å²) in [6.07, 6.45) is 3.54. The van der Waals surface area contributed by atoms with E-state index in [1.165, 1.54) is 0 Å². The van der Waals surface area contributed by atoms with Gasteiger partial charge in [0.2, 0.25) is 0 Å². The van der Waals surface area contributed by atoms with Crippen LogP contribution in [0.3, 0.4) is 0 Å². The normalized spacial score (nSPS) is 10.6. The number of hydrogen-bond acceptors (Lipinski definition) is 5. The number of aromatic nitrogens is 3. The molecule has 0 fully saturated rings. The molecular weight excluding hydrogens is 388 g/mol. The summed E-state index contributed by atoms with van der Waals surface area (Å²) in [6.45, 7) is 3.56. The van der Waals surface area contributed by atoms with Crippen LogP contribution in [0.2, 0.25) is 0 Å². The second-order valence-corrected chi connectivity index (χ2v) is 7.34. The number of aromatic hydroxyl groups is 1. The van der Waals surface area contributed by atoms with Crippen LogP contribution in [-0.4, -0.2) is 25.7 Å². The van der Waals surface area contributed by atoms with Crippen LogP contribution in [0.5, 0.6) is 5.75 Å². The van der Waals surface area contributed by atoms with E-state index in [0.717, 1.165) is 27.8 Å². The van der Waals surface area contributed by atoms with Crippen molar-refractivity contribution >= 4 is 5.78 Å². The van der Waals surface area contributed by atoms with E-state index < -0.39 is 0 Å². The lowest BCUT2D eigenvalue weighted by molar-refractivity contribution is 0.101. The predicted octanol–water partition coefficient (Wildman–Crippen LogP) is 5.02. The number of benzene rings is 2. The Morgan fingerprint density at radius 1 is 1.10 bits per heavy atom. The highest BCUT2D eigenvalue weighted by Crippen LogP contribution is 2.34. The van der Waals surface area contributed by atoms with Gasteiger partial charge in [0.15, 0.2) is 5.78 Å². The summed E-state index contributed by atoms with van der Waals surface area (Å²) in [6, 6.07) is 18.6. The van der Waals surface area contributed by atoms with E-state index in [1.54, 1.807) is 42.2 Å². The number of phenols is 1. The Morgan fingerprint density at radius 2 is 1.90 bits per heavy atom. The average molecular weight is 408 g/mol. The Hall–Kier alpha value is -4.24. The Labute approximate surface area is 180 Å². The zero-order valence-corrected chi connectivity index (χ0v) is 17.2. The molecule has 1 N–H and O–H groups in total. The highest BCUT2D eigenvalue weighted by molar-refractivity contribution is 6.00. The standard InChI is InChI=1S/C25H20N4O2/c1-16-11-19(13-20(31)12-16)25-23(15-29(28-25)10-9-26)18-7-8-24(27-14-18)22-6-4-3-5-21(22)17(2)30/h3-8,11-15,31H,10H2,1-2H3. The van der Waals surface area contributed by atoms with Crippen molar-refractivity contribution in [2.45, 2.75) is 20.4 Å². The molecule has 0 bridgehead atoms. The van der Waals surface area contributed by atoms with Crippen molar-refractivity contribution in [3.63, 3.8) is 0 Å². The maximum Gasteiger partial charge on any atom is 0.160 e. The number of hydrogen-bond donors (Lipinski definition) is 1. The zero-order valence-electron chi connectivity index (χ0n) is 17.2. The number of rotatable bonds is 5. The first kappa shape index (κ1) is 20.0. The van der Waals surface area contributed by atoms with Gasteiger partial charge in [-0.15, -0.1) is 0 Å². The van der Waals surface area contributed by atoms with Gasteiger partial charge in [0.1, 0.15) is 18.0 Å². The molecule has 0 radical (unpaired) electrons. The molecule has 0 amide bonds. The molecular formula is C25H20N4O2. The van der Waals surface area contributed by atoms with Crippen LogP contribution in [0.15, 0.2) is 67.0 Å². The van der Waals surface area contributed by atoms with Crippen LogP contribution in [0, 0.1) is 18.3 Å². The van der Waals surface area contributed by atoms with Gasteiger partial charge < -0.3 is 5.11 Å². The van der Waals surface area contributed by atoms with Crippen molar-refractivity contribution in [3.8, 4) is 45.5 Å². The summed E-state index contributed by atoms with van der Waals surface area (Å²) in [5, 5.41) is 23.7. The van der Waals surface area contributed by atoms with Gasteiger partial charge in [-0.3, -0.25) is 14.5 Å². The number of ketones is 1. The molecule has 0 saturated heterocycles. The molecule has 152 valence electrons. The second kappa shape index (κ2) is 8.25. The number of carbonyl (C=O) groups excluding carboxylic acids is 1. The van der Waals surface area contributed by atoms with Crippen LogP contribution in [0.25, 0.3) is 33.6 Å². The smallest absolute Gasteiger partial charge is 0.160 e. The maximum atomic E-state index is 12.0. The number of nitrogens with zero attached hydrogens (tertiary/aromatic N) is 4. The SMILES string of the molecule is CC(=O)c1ccccc1-c1ccc(-c2cn(CC#N)nc2-c2cc(C)cc(O)c2)cn1. The lowest BCUT2D eigenvalue weighted by atomic mass is 9.99. The third kappa shape index (κ3) is 4.07. The van der Waals surface area contributed by atoms with E-state index in [-0.39, 0.29) is 18.1 Å². The molecule has 0 unspecified atom stereocenters. The predicted molar refractivity (Wildman–Crippen MR) is 118 cm³/mol. The third-order valence-corrected chi connectivity index (χ3v) is 4.99. The lowest BCUT2D eigenvalue weighted by Gasteiger charge is -2.08. The van der Waals surface area contributed by atoms with E-state index in [4.69, 9.17) is 5.26 Å². The molecule has 31 heavy (non-hydrogen) atoms. The minimum Gasteiger partial charge on any atom is -0.508 e. The van der Waals surface area contributed by atoms with Crippen molar-refractivity contribution in [1.29, 1.82) is 5.26 Å². The van der Waals surface area contributed by atoms with E-state index in [9.17, 15) is 9.90 Å². The summed E-state index contributed by atoms with van der Waals surface area (Å²) < 4.78 is 1.57. The molecule has 0 aliphatic heterocycles. The maximum absolute atomic E-state index is 12.0. The monoisotopic (exact) mass is 408 g/mol. The number of carbonyl (C=O) groups is 1. The minimum atomic E-state index is -0.0132. The highest BCUT2D eigenvalue weighted by Gasteiger charge is 2.16. The first-order valence-electron chi connectivity index (χ1n) is 9.78. The molecule has 2 aromatic heterocycles. The fourth-order valence-electron chi connectivity index (χ4n) is 3.62. The van der Waals surface area contributed by atoms with Crippen LogP contribution in [-0.2, 0) is 6.54 Å². The van der Waals surface area contributed by atoms with E-state index in [2.05, 4.69) is 16.2 Å². The molecule has 0 saturated carbocycles. The first-order chi connectivity index (χ1) is 15.0. The Morgan fingerprint density at radius 3 is 2.58 bits per heavy atom. The number of Topliss-reactive ketones (excluding diaryl/α,β-unsaturated/α-hetero) is 1. The highest BCUT2D eigenvalue weighted by atomic mass is 16.3. The van der Waals surface area contributed by atoms with Gasteiger partial charge in [-0.1, -0.05) is 30.3 Å². The summed E-state index contributed by atoms with van der Waals surface area (Å²) >= 11 is 0. The Bertz CT molecular complexity index is 1290. The molecule has 2 heterocycles. The third-order valence-electron chi connectivity index (χ3n) is 4.99. The van der Waals surface area contributed by atoms with Gasteiger partial charge in [0.25, 0.3) is 0 Å². The fourth-order valence-corrected chi connectivity index (χ4v) is 3.62. The summed E-state index contributed by atoms with van der Waals surface area (Å²) in [5.74, 6) is 0.144. The van der Waals surface area contributed by atoms with Gasteiger partial charge >= 0.3 is 0 Å². The molecule has 0 atom stereocenters. The minimum absolute atomic E-state index is 0.0132. The molecule has 4 rings (SSSR count). The molecule has 0 aliphatic carbocycles. The molecule has 6 heteroatoms. The van der Waals surface area contributed by atoms with Crippen molar-refractivity contribution in [1.82, 2.24) is 14.8 Å². The van der Waals surface area contributed by atoms with Gasteiger partial charge in [-0.25, -0.2) is 0 Å². The quantitative estimate of drug-likeness (QED) is 0.468. The lowest BCUT2D eigenvalue weighted by Crippen LogP contribution is -1.97. The van der Waals surface area contributed by atoms with Gasteiger partial charge in [-0.05, 0) is 43.7 Å². The first-order valence-corrected chi connectivity index (χ1v) is 9.78. The van der Waals surface area contributed by atoms with Crippen molar-refractivity contribution < 1.29 is 9.90 Å². The van der Waals surface area contributed by atoms with Crippen LogP contribution in [0.4, 0.5) is 0 Å². The van der Waals surface area contributed by atoms with E-state index in [1.807, 2.05) is 43.3 Å². The molecule has 4 aromatic rings. The van der Waals surface area contributed by atoms with E-state index >= 15 is 0 Å². The van der Waals surface area contributed by atoms with Crippen molar-refractivity contribution in [2.24, 2.45) is 0 Å². The number of nitriles is 1. The summed E-state index contributed by atoms with van der Waals surface area (Å²) in [4.78, 5) is 16.6. The molecule has 0 spiro atoms. The number of phenolic OH excluding ortho intramolecular Hbond substituents is 1. The largest absolute Gasteiger partial charge is 0.508 e. The molecule has 6 nitrogen and oxygen atoms in total. The van der Waals surface area contributed by atoms with Crippen LogP contribution in [0.1, 0.15) is 22.8 Å². The average Bonchev–Trinajstić information content (AvgIpc) is 3.17. The van der Waals surface area contributed by atoms with Crippen LogP contribution >= 0.6 is 0 Å². The molecule has 0 aliphatic rings. The summed E-state index contributed by atoms with van der Waals surface area (Å²) in [7, 11) is 0. The Kier molecular flexibility index (Phi) is 5.33. The molecule has 2 aromatic carbocycles. The Balaban J connectivity index is 1.80.